The first-order chi connectivity index (χ1) is 14.0. The third kappa shape index (κ3) is 6.84. The molecule has 3 aromatic rings. The van der Waals surface area contributed by atoms with Gasteiger partial charge in [-0.25, -0.2) is 0 Å². The van der Waals surface area contributed by atoms with E-state index < -0.39 is 0 Å². The van der Waals surface area contributed by atoms with Crippen molar-refractivity contribution in [2.75, 3.05) is 22.9 Å². The molecule has 29 heavy (non-hydrogen) atoms. The number of nitrogens with one attached hydrogen (secondary N) is 3. The lowest BCUT2D eigenvalue weighted by atomic mass is 10.2. The van der Waals surface area contributed by atoms with E-state index in [9.17, 15) is 9.59 Å². The van der Waals surface area contributed by atoms with Crippen molar-refractivity contribution < 1.29 is 9.59 Å². The Morgan fingerprint density at radius 1 is 1.10 bits per heavy atom. The van der Waals surface area contributed by atoms with Crippen molar-refractivity contribution in [2.24, 2.45) is 0 Å². The van der Waals surface area contributed by atoms with E-state index in [1.165, 1.54) is 23.1 Å². The predicted octanol–water partition coefficient (Wildman–Crippen LogP) is 4.20. The number of rotatable bonds is 8. The maximum Gasteiger partial charge on any atom is 0.243 e. The van der Waals surface area contributed by atoms with Crippen LogP contribution in [0.15, 0.2) is 57.3 Å². The zero-order chi connectivity index (χ0) is 20.6. The molecule has 10 heteroatoms. The van der Waals surface area contributed by atoms with Gasteiger partial charge in [0.15, 0.2) is 4.34 Å². The molecule has 0 aliphatic rings. The minimum atomic E-state index is -0.296. The lowest BCUT2D eigenvalue weighted by Gasteiger charge is -2.08. The molecule has 0 aliphatic heterocycles. The molecule has 7 nitrogen and oxygen atoms in total. The van der Waals surface area contributed by atoms with Crippen molar-refractivity contribution in [2.45, 2.75) is 11.3 Å². The molecule has 2 amide bonds. The quantitative estimate of drug-likeness (QED) is 0.408. The molecule has 1 aromatic heterocycles. The van der Waals surface area contributed by atoms with Crippen LogP contribution in [0, 0.1) is 6.92 Å². The van der Waals surface area contributed by atoms with Gasteiger partial charge >= 0.3 is 0 Å². The Bertz CT molecular complexity index is 1010. The molecule has 0 bridgehead atoms. The summed E-state index contributed by atoms with van der Waals surface area (Å²) in [5, 5.41) is 17.3. The summed E-state index contributed by atoms with van der Waals surface area (Å²) in [5.74, 6) is -0.391. The summed E-state index contributed by atoms with van der Waals surface area (Å²) in [7, 11) is 0. The van der Waals surface area contributed by atoms with E-state index in [4.69, 9.17) is 0 Å². The van der Waals surface area contributed by atoms with Crippen LogP contribution < -0.4 is 16.0 Å². The normalized spacial score (nSPS) is 10.4. The van der Waals surface area contributed by atoms with Crippen LogP contribution in [0.2, 0.25) is 0 Å². The topological polar surface area (TPSA) is 96.0 Å². The Morgan fingerprint density at radius 2 is 1.93 bits per heavy atom. The number of hydrogen-bond acceptors (Lipinski definition) is 7. The molecule has 0 fully saturated rings. The van der Waals surface area contributed by atoms with Gasteiger partial charge in [-0.2, -0.15) is 0 Å². The smallest absolute Gasteiger partial charge is 0.243 e. The average molecular weight is 492 g/mol. The number of para-hydroxylation sites is 1. The average Bonchev–Trinajstić information content (AvgIpc) is 3.14. The maximum absolute atomic E-state index is 12.0. The molecular weight excluding hydrogens is 474 g/mol. The van der Waals surface area contributed by atoms with Crippen molar-refractivity contribution >= 4 is 67.3 Å². The molecule has 1 heterocycles. The Balaban J connectivity index is 1.41. The van der Waals surface area contributed by atoms with Crippen LogP contribution in [0.4, 0.5) is 16.5 Å². The SMILES string of the molecule is Cc1cccc(Nc2nnc(SCC(=O)NCC(=O)Nc3ccccc3Br)s2)c1. The minimum absolute atomic E-state index is 0.100. The number of thioether (sulfide) groups is 1. The van der Waals surface area contributed by atoms with Crippen LogP contribution in [0.1, 0.15) is 5.56 Å². The minimum Gasteiger partial charge on any atom is -0.346 e. The second kappa shape index (κ2) is 10.4. The standard InChI is InChI=1S/C19H18BrN5O2S2/c1-12-5-4-6-13(9-12)22-18-24-25-19(29-18)28-11-17(27)21-10-16(26)23-15-8-3-2-7-14(15)20/h2-9H,10-11H2,1H3,(H,21,27)(H,22,24)(H,23,26). The maximum atomic E-state index is 12.0. The highest BCUT2D eigenvalue weighted by Crippen LogP contribution is 2.27. The van der Waals surface area contributed by atoms with Crippen LogP contribution in [0.3, 0.4) is 0 Å². The van der Waals surface area contributed by atoms with Crippen LogP contribution in [0.5, 0.6) is 0 Å². The van der Waals surface area contributed by atoms with Crippen LogP contribution in [0.25, 0.3) is 0 Å². The first kappa shape index (κ1) is 21.3. The van der Waals surface area contributed by atoms with E-state index in [-0.39, 0.29) is 24.1 Å². The fourth-order valence-electron chi connectivity index (χ4n) is 2.28. The van der Waals surface area contributed by atoms with Gasteiger partial charge in [0.2, 0.25) is 16.9 Å². The van der Waals surface area contributed by atoms with E-state index in [0.29, 0.717) is 15.2 Å². The number of hydrogen-bond donors (Lipinski definition) is 3. The lowest BCUT2D eigenvalue weighted by Crippen LogP contribution is -2.33. The molecular formula is C19H18BrN5O2S2. The molecule has 0 saturated heterocycles. The van der Waals surface area contributed by atoms with Crippen LogP contribution in [-0.2, 0) is 9.59 Å². The van der Waals surface area contributed by atoms with Gasteiger partial charge in [-0.05, 0) is 52.7 Å². The highest BCUT2D eigenvalue weighted by Gasteiger charge is 2.11. The summed E-state index contributed by atoms with van der Waals surface area (Å²) >= 11 is 6.00. The number of aryl methyl sites for hydroxylation is 1. The predicted molar refractivity (Wildman–Crippen MR) is 121 cm³/mol. The van der Waals surface area contributed by atoms with Crippen molar-refractivity contribution in [3.63, 3.8) is 0 Å². The molecule has 0 atom stereocenters. The number of aromatic nitrogens is 2. The summed E-state index contributed by atoms with van der Waals surface area (Å²) < 4.78 is 1.45. The van der Waals surface area contributed by atoms with Crippen molar-refractivity contribution in [3.05, 3.63) is 58.6 Å². The molecule has 2 aromatic carbocycles. The van der Waals surface area contributed by atoms with Gasteiger partial charge in [-0.15, -0.1) is 10.2 Å². The fraction of sp³-hybridized carbons (Fsp3) is 0.158. The van der Waals surface area contributed by atoms with E-state index in [1.54, 1.807) is 6.07 Å². The molecule has 3 N–H and O–H groups in total. The highest BCUT2D eigenvalue weighted by molar-refractivity contribution is 9.10. The first-order valence-corrected chi connectivity index (χ1v) is 11.2. The molecule has 0 saturated carbocycles. The number of amides is 2. The largest absolute Gasteiger partial charge is 0.346 e. The Morgan fingerprint density at radius 3 is 2.72 bits per heavy atom. The Hall–Kier alpha value is -2.43. The number of carbonyl (C=O) groups excluding carboxylic acids is 2. The summed E-state index contributed by atoms with van der Waals surface area (Å²) in [5.41, 5.74) is 2.74. The lowest BCUT2D eigenvalue weighted by molar-refractivity contribution is -0.122. The van der Waals surface area contributed by atoms with Gasteiger partial charge in [0.1, 0.15) is 0 Å². The summed E-state index contributed by atoms with van der Waals surface area (Å²) in [6.45, 7) is 1.92. The number of nitrogens with zero attached hydrogens (tertiary/aromatic N) is 2. The molecule has 0 unspecified atom stereocenters. The molecule has 150 valence electrons. The van der Waals surface area contributed by atoms with Crippen LogP contribution in [-0.4, -0.2) is 34.3 Å². The summed E-state index contributed by atoms with van der Waals surface area (Å²) in [4.78, 5) is 24.0. The molecule has 0 aliphatic carbocycles. The second-order valence-corrected chi connectivity index (χ2v) is 9.02. The fourth-order valence-corrected chi connectivity index (χ4v) is 4.27. The molecule has 0 radical (unpaired) electrons. The number of benzene rings is 2. The summed E-state index contributed by atoms with van der Waals surface area (Å²) in [6, 6.07) is 15.2. The number of anilines is 3. The van der Waals surface area contributed by atoms with E-state index in [0.717, 1.165) is 15.7 Å². The molecule has 3 rings (SSSR count). The zero-order valence-electron chi connectivity index (χ0n) is 15.4. The monoisotopic (exact) mass is 491 g/mol. The van der Waals surface area contributed by atoms with E-state index in [1.807, 2.05) is 49.4 Å². The van der Waals surface area contributed by atoms with Gasteiger partial charge in [-0.1, -0.05) is 47.4 Å². The van der Waals surface area contributed by atoms with Gasteiger partial charge in [0.25, 0.3) is 0 Å². The van der Waals surface area contributed by atoms with Crippen molar-refractivity contribution in [1.82, 2.24) is 15.5 Å². The third-order valence-corrected chi connectivity index (χ3v) is 6.26. The van der Waals surface area contributed by atoms with Crippen molar-refractivity contribution in [3.8, 4) is 0 Å². The van der Waals surface area contributed by atoms with E-state index >= 15 is 0 Å². The van der Waals surface area contributed by atoms with E-state index in [2.05, 4.69) is 42.1 Å². The van der Waals surface area contributed by atoms with Gasteiger partial charge in [0.05, 0.1) is 18.0 Å². The van der Waals surface area contributed by atoms with Gasteiger partial charge < -0.3 is 16.0 Å². The Kier molecular flexibility index (Phi) is 7.62. The second-order valence-electron chi connectivity index (χ2n) is 5.96. The molecule has 0 spiro atoms. The highest BCUT2D eigenvalue weighted by atomic mass is 79.9. The number of carbonyl (C=O) groups is 2. The first-order valence-electron chi connectivity index (χ1n) is 8.60. The third-order valence-electron chi connectivity index (χ3n) is 3.60. The zero-order valence-corrected chi connectivity index (χ0v) is 18.7. The van der Waals surface area contributed by atoms with Crippen LogP contribution >= 0.6 is 39.0 Å². The van der Waals surface area contributed by atoms with Gasteiger partial charge in [-0.3, -0.25) is 9.59 Å². The van der Waals surface area contributed by atoms with Crippen molar-refractivity contribution in [1.29, 1.82) is 0 Å². The van der Waals surface area contributed by atoms with Gasteiger partial charge in [0, 0.05) is 10.2 Å². The summed E-state index contributed by atoms with van der Waals surface area (Å²) in [6.07, 6.45) is 0. The number of halogens is 1. The Labute approximate surface area is 184 Å².